The third-order valence-electron chi connectivity index (χ3n) is 4.94. The highest BCUT2D eigenvalue weighted by atomic mass is 35.5. The summed E-state index contributed by atoms with van der Waals surface area (Å²) in [5.41, 5.74) is 1.23. The Morgan fingerprint density at radius 3 is 2.52 bits per heavy atom. The Bertz CT molecular complexity index is 814. The van der Waals surface area contributed by atoms with Crippen LogP contribution in [0.1, 0.15) is 33.6 Å². The van der Waals surface area contributed by atoms with Crippen molar-refractivity contribution in [1.29, 1.82) is 0 Å². The molecule has 2 aromatic rings. The van der Waals surface area contributed by atoms with E-state index >= 15 is 0 Å². The molecule has 27 heavy (non-hydrogen) atoms. The van der Waals surface area contributed by atoms with E-state index in [1.165, 1.54) is 4.90 Å². The molecule has 1 N–H and O–H groups in total. The van der Waals surface area contributed by atoms with Crippen LogP contribution in [0, 0.1) is 5.41 Å². The number of carbonyl (C=O) groups is 1. The van der Waals surface area contributed by atoms with Crippen LogP contribution in [0.25, 0.3) is 11.1 Å². The van der Waals surface area contributed by atoms with E-state index in [9.17, 15) is 9.90 Å². The number of pyridine rings is 1. The first-order valence-corrected chi connectivity index (χ1v) is 9.42. The molecule has 0 saturated heterocycles. The van der Waals surface area contributed by atoms with Crippen molar-refractivity contribution >= 4 is 17.7 Å². The van der Waals surface area contributed by atoms with E-state index in [2.05, 4.69) is 4.98 Å². The van der Waals surface area contributed by atoms with Crippen LogP contribution in [0.15, 0.2) is 42.6 Å². The SMILES string of the molecule is CC(C)(C)N(CC1(COc2cnc(Cl)c(-c3ccccc3)c2)CC1)C(=O)O. The van der Waals surface area contributed by atoms with E-state index in [1.807, 2.05) is 57.2 Å². The van der Waals surface area contributed by atoms with Crippen molar-refractivity contribution in [1.82, 2.24) is 9.88 Å². The smallest absolute Gasteiger partial charge is 0.407 e. The molecular formula is C21H25ClN2O3. The molecule has 1 aromatic carbocycles. The van der Waals surface area contributed by atoms with Gasteiger partial charge in [0.2, 0.25) is 0 Å². The zero-order chi connectivity index (χ0) is 19.7. The average Bonchev–Trinajstić information content (AvgIpc) is 3.39. The molecular weight excluding hydrogens is 364 g/mol. The molecule has 5 nitrogen and oxygen atoms in total. The lowest BCUT2D eigenvalue weighted by molar-refractivity contribution is 0.0746. The van der Waals surface area contributed by atoms with Gasteiger partial charge in [0.05, 0.1) is 12.8 Å². The van der Waals surface area contributed by atoms with E-state index in [1.54, 1.807) is 6.20 Å². The first kappa shape index (κ1) is 19.5. The normalized spacial score (nSPS) is 15.3. The van der Waals surface area contributed by atoms with Gasteiger partial charge in [-0.3, -0.25) is 0 Å². The maximum atomic E-state index is 11.6. The number of hydrogen-bond donors (Lipinski definition) is 1. The van der Waals surface area contributed by atoms with Crippen LogP contribution in [0.2, 0.25) is 5.15 Å². The van der Waals surface area contributed by atoms with Crippen LogP contribution in [0.5, 0.6) is 5.75 Å². The summed E-state index contributed by atoms with van der Waals surface area (Å²) >= 11 is 6.25. The van der Waals surface area contributed by atoms with Crippen molar-refractivity contribution in [2.24, 2.45) is 5.41 Å². The van der Waals surface area contributed by atoms with Crippen LogP contribution in [-0.2, 0) is 0 Å². The number of aromatic nitrogens is 1. The topological polar surface area (TPSA) is 62.7 Å². The summed E-state index contributed by atoms with van der Waals surface area (Å²) in [7, 11) is 0. The first-order chi connectivity index (χ1) is 12.7. The van der Waals surface area contributed by atoms with Crippen LogP contribution < -0.4 is 4.74 Å². The molecule has 0 aliphatic heterocycles. The second kappa shape index (κ2) is 7.39. The monoisotopic (exact) mass is 388 g/mol. The predicted molar refractivity (Wildman–Crippen MR) is 106 cm³/mol. The Balaban J connectivity index is 1.71. The minimum absolute atomic E-state index is 0.127. The first-order valence-electron chi connectivity index (χ1n) is 9.05. The largest absolute Gasteiger partial charge is 0.491 e. The second-order valence-corrected chi connectivity index (χ2v) is 8.56. The Morgan fingerprint density at radius 1 is 1.30 bits per heavy atom. The van der Waals surface area contributed by atoms with Gasteiger partial charge in [0.25, 0.3) is 0 Å². The van der Waals surface area contributed by atoms with Crippen molar-refractivity contribution in [2.75, 3.05) is 13.2 Å². The number of amides is 1. The number of carboxylic acid groups (broad SMARTS) is 1. The number of benzene rings is 1. The van der Waals surface area contributed by atoms with Gasteiger partial charge >= 0.3 is 6.09 Å². The van der Waals surface area contributed by atoms with Gasteiger partial charge in [-0.15, -0.1) is 0 Å². The fourth-order valence-electron chi connectivity index (χ4n) is 3.02. The summed E-state index contributed by atoms with van der Waals surface area (Å²) in [6.07, 6.45) is 2.64. The van der Waals surface area contributed by atoms with Gasteiger partial charge in [-0.2, -0.15) is 0 Å². The number of nitrogens with zero attached hydrogens (tertiary/aromatic N) is 2. The molecule has 1 amide bonds. The van der Waals surface area contributed by atoms with Crippen LogP contribution in [-0.4, -0.2) is 39.8 Å². The zero-order valence-electron chi connectivity index (χ0n) is 15.9. The fraction of sp³-hybridized carbons (Fsp3) is 0.429. The number of hydrogen-bond acceptors (Lipinski definition) is 3. The van der Waals surface area contributed by atoms with Crippen molar-refractivity contribution in [2.45, 2.75) is 39.2 Å². The average molecular weight is 389 g/mol. The third-order valence-corrected chi connectivity index (χ3v) is 5.24. The maximum Gasteiger partial charge on any atom is 0.407 e. The molecule has 0 bridgehead atoms. The Morgan fingerprint density at radius 2 is 1.96 bits per heavy atom. The summed E-state index contributed by atoms with van der Waals surface area (Å²) in [4.78, 5) is 17.4. The maximum absolute atomic E-state index is 11.6. The molecule has 0 atom stereocenters. The zero-order valence-corrected chi connectivity index (χ0v) is 16.7. The molecule has 1 aromatic heterocycles. The molecule has 0 radical (unpaired) electrons. The third kappa shape index (κ3) is 4.72. The Hall–Kier alpha value is -2.27. The van der Waals surface area contributed by atoms with Gasteiger partial charge < -0.3 is 14.7 Å². The van der Waals surface area contributed by atoms with Gasteiger partial charge in [-0.25, -0.2) is 9.78 Å². The van der Waals surface area contributed by atoms with E-state index in [0.29, 0.717) is 24.1 Å². The van der Waals surface area contributed by atoms with Gasteiger partial charge in [0, 0.05) is 23.1 Å². The quantitative estimate of drug-likeness (QED) is 0.678. The molecule has 1 aliphatic rings. The van der Waals surface area contributed by atoms with Crippen molar-refractivity contribution in [3.05, 3.63) is 47.7 Å². The molecule has 1 heterocycles. The Labute approximate surface area is 164 Å². The highest BCUT2D eigenvalue weighted by molar-refractivity contribution is 6.32. The van der Waals surface area contributed by atoms with Gasteiger partial charge in [0.15, 0.2) is 0 Å². The summed E-state index contributed by atoms with van der Waals surface area (Å²) in [6, 6.07) is 11.7. The summed E-state index contributed by atoms with van der Waals surface area (Å²) in [6.45, 7) is 6.66. The van der Waals surface area contributed by atoms with Gasteiger partial charge in [-0.05, 0) is 45.2 Å². The minimum Gasteiger partial charge on any atom is -0.491 e. The van der Waals surface area contributed by atoms with Crippen LogP contribution in [0.4, 0.5) is 4.79 Å². The lowest BCUT2D eigenvalue weighted by Crippen LogP contribution is -2.48. The molecule has 6 heteroatoms. The van der Waals surface area contributed by atoms with Gasteiger partial charge in [-0.1, -0.05) is 41.9 Å². The second-order valence-electron chi connectivity index (χ2n) is 8.20. The molecule has 3 rings (SSSR count). The lowest BCUT2D eigenvalue weighted by Gasteiger charge is -2.36. The van der Waals surface area contributed by atoms with E-state index < -0.39 is 11.6 Å². The summed E-state index contributed by atoms with van der Waals surface area (Å²) in [5, 5.41) is 9.97. The summed E-state index contributed by atoms with van der Waals surface area (Å²) < 4.78 is 6.00. The van der Waals surface area contributed by atoms with E-state index in [0.717, 1.165) is 24.0 Å². The van der Waals surface area contributed by atoms with Crippen LogP contribution >= 0.6 is 11.6 Å². The summed E-state index contributed by atoms with van der Waals surface area (Å²) in [5.74, 6) is 0.641. The number of ether oxygens (including phenoxy) is 1. The molecule has 0 unspecified atom stereocenters. The van der Waals surface area contributed by atoms with Gasteiger partial charge in [0.1, 0.15) is 10.9 Å². The molecule has 1 saturated carbocycles. The van der Waals surface area contributed by atoms with Crippen molar-refractivity contribution in [3.63, 3.8) is 0 Å². The van der Waals surface area contributed by atoms with E-state index in [4.69, 9.17) is 16.3 Å². The van der Waals surface area contributed by atoms with Crippen molar-refractivity contribution in [3.8, 4) is 16.9 Å². The lowest BCUT2D eigenvalue weighted by atomic mass is 10.0. The van der Waals surface area contributed by atoms with Crippen molar-refractivity contribution < 1.29 is 14.6 Å². The molecule has 0 spiro atoms. The minimum atomic E-state index is -0.895. The van der Waals surface area contributed by atoms with E-state index in [-0.39, 0.29) is 5.41 Å². The molecule has 1 fully saturated rings. The fourth-order valence-corrected chi connectivity index (χ4v) is 3.23. The van der Waals surface area contributed by atoms with Crippen LogP contribution in [0.3, 0.4) is 0 Å². The highest BCUT2D eigenvalue weighted by Crippen LogP contribution is 2.47. The predicted octanol–water partition coefficient (Wildman–Crippen LogP) is 5.34. The standard InChI is InChI=1S/C21H25ClN2O3/c1-20(2,3)24(19(25)26)13-21(9-10-21)14-27-16-11-17(18(22)23-12-16)15-7-5-4-6-8-15/h4-8,11-12H,9-10,13-14H2,1-3H3,(H,25,26). The molecule has 144 valence electrons. The number of halogens is 1. The molecule has 1 aliphatic carbocycles. The Kier molecular flexibility index (Phi) is 5.33. The number of rotatable bonds is 6. The highest BCUT2D eigenvalue weighted by Gasteiger charge is 2.47.